The Hall–Kier alpha value is -1.97. The van der Waals surface area contributed by atoms with E-state index in [9.17, 15) is 9.90 Å². The van der Waals surface area contributed by atoms with Crippen molar-refractivity contribution < 1.29 is 5.11 Å². The lowest BCUT2D eigenvalue weighted by atomic mass is 10.2. The van der Waals surface area contributed by atoms with Crippen molar-refractivity contribution in [3.8, 4) is 11.6 Å². The van der Waals surface area contributed by atoms with Crippen molar-refractivity contribution in [2.45, 2.75) is 13.8 Å². The highest BCUT2D eigenvalue weighted by Gasteiger charge is 2.10. The first kappa shape index (κ1) is 9.58. The molecule has 0 atom stereocenters. The van der Waals surface area contributed by atoms with Gasteiger partial charge in [0.2, 0.25) is 5.88 Å². The molecular weight excluding hydrogens is 192 g/mol. The quantitative estimate of drug-likeness (QED) is 0.739. The van der Waals surface area contributed by atoms with Crippen LogP contribution in [0.25, 0.3) is 5.69 Å². The van der Waals surface area contributed by atoms with Gasteiger partial charge in [0.25, 0.3) is 0 Å². The summed E-state index contributed by atoms with van der Waals surface area (Å²) in [6.45, 7) is 3.62. The molecule has 0 radical (unpaired) electrons. The molecule has 78 valence electrons. The molecule has 0 saturated carbocycles. The number of rotatable bonds is 1. The number of nitrogens with zero attached hydrogens (tertiary/aromatic N) is 1. The average Bonchev–Trinajstić information content (AvgIpc) is 2.44. The highest BCUT2D eigenvalue weighted by atomic mass is 16.3. The van der Waals surface area contributed by atoms with E-state index >= 15 is 0 Å². The first-order valence-electron chi connectivity index (χ1n) is 4.67. The van der Waals surface area contributed by atoms with E-state index in [0.29, 0.717) is 11.4 Å². The van der Waals surface area contributed by atoms with E-state index < -0.39 is 0 Å². The molecule has 0 spiro atoms. The van der Waals surface area contributed by atoms with Crippen LogP contribution in [0.4, 0.5) is 0 Å². The van der Waals surface area contributed by atoms with Gasteiger partial charge in [-0.1, -0.05) is 17.7 Å². The van der Waals surface area contributed by atoms with Gasteiger partial charge in [-0.2, -0.15) is 0 Å². The van der Waals surface area contributed by atoms with E-state index in [2.05, 4.69) is 4.98 Å². The van der Waals surface area contributed by atoms with Crippen LogP contribution in [0.2, 0.25) is 0 Å². The zero-order valence-electron chi connectivity index (χ0n) is 8.61. The van der Waals surface area contributed by atoms with Crippen LogP contribution in [0.15, 0.2) is 29.1 Å². The SMILES string of the molecule is Cc1ccc(-n2c(O)c(C)[nH]c2=O)cc1. The molecule has 2 N–H and O–H groups in total. The number of aromatic amines is 1. The Morgan fingerprint density at radius 2 is 1.80 bits per heavy atom. The minimum atomic E-state index is -0.325. The highest BCUT2D eigenvalue weighted by Crippen LogP contribution is 2.17. The summed E-state index contributed by atoms with van der Waals surface area (Å²) in [5.41, 5.74) is 1.92. The van der Waals surface area contributed by atoms with Crippen molar-refractivity contribution in [3.05, 3.63) is 46.0 Å². The number of hydrogen-bond donors (Lipinski definition) is 2. The van der Waals surface area contributed by atoms with Crippen LogP contribution in [-0.2, 0) is 0 Å². The molecule has 0 amide bonds. The molecule has 2 rings (SSSR count). The van der Waals surface area contributed by atoms with Gasteiger partial charge in [-0.15, -0.1) is 0 Å². The first-order valence-corrected chi connectivity index (χ1v) is 4.67. The molecule has 15 heavy (non-hydrogen) atoms. The third kappa shape index (κ3) is 1.54. The topological polar surface area (TPSA) is 58.0 Å². The van der Waals surface area contributed by atoms with Crippen LogP contribution in [-0.4, -0.2) is 14.7 Å². The molecule has 1 aromatic heterocycles. The molecule has 2 aromatic rings. The number of nitrogens with one attached hydrogen (secondary N) is 1. The van der Waals surface area contributed by atoms with Crippen molar-refractivity contribution >= 4 is 0 Å². The number of hydrogen-bond acceptors (Lipinski definition) is 2. The molecule has 1 aromatic carbocycles. The van der Waals surface area contributed by atoms with Crippen LogP contribution in [0, 0.1) is 13.8 Å². The maximum Gasteiger partial charge on any atom is 0.333 e. The fourth-order valence-corrected chi connectivity index (χ4v) is 1.47. The van der Waals surface area contributed by atoms with Gasteiger partial charge in [-0.25, -0.2) is 9.36 Å². The van der Waals surface area contributed by atoms with E-state index in [1.54, 1.807) is 19.1 Å². The van der Waals surface area contributed by atoms with Crippen LogP contribution in [0.1, 0.15) is 11.3 Å². The van der Waals surface area contributed by atoms with Crippen molar-refractivity contribution in [1.29, 1.82) is 0 Å². The zero-order chi connectivity index (χ0) is 11.0. The minimum absolute atomic E-state index is 0.0381. The lowest BCUT2D eigenvalue weighted by molar-refractivity contribution is 0.437. The number of benzene rings is 1. The number of aromatic nitrogens is 2. The number of aromatic hydroxyl groups is 1. The molecular formula is C11H12N2O2. The molecule has 0 bridgehead atoms. The average molecular weight is 204 g/mol. The third-order valence-corrected chi connectivity index (χ3v) is 2.34. The Balaban J connectivity index is 2.64. The van der Waals surface area contributed by atoms with E-state index in [-0.39, 0.29) is 11.6 Å². The summed E-state index contributed by atoms with van der Waals surface area (Å²) >= 11 is 0. The van der Waals surface area contributed by atoms with Crippen molar-refractivity contribution in [2.24, 2.45) is 0 Å². The molecule has 0 aliphatic rings. The van der Waals surface area contributed by atoms with Crippen molar-refractivity contribution in [1.82, 2.24) is 9.55 Å². The van der Waals surface area contributed by atoms with E-state index in [1.165, 1.54) is 4.57 Å². The lowest BCUT2D eigenvalue weighted by Gasteiger charge is -2.03. The molecule has 4 heteroatoms. The van der Waals surface area contributed by atoms with Gasteiger partial charge in [0.05, 0.1) is 11.4 Å². The predicted octanol–water partition coefficient (Wildman–Crippen LogP) is 1.49. The van der Waals surface area contributed by atoms with Crippen LogP contribution < -0.4 is 5.69 Å². The smallest absolute Gasteiger partial charge is 0.333 e. The molecule has 0 saturated heterocycles. The Morgan fingerprint density at radius 1 is 1.20 bits per heavy atom. The van der Waals surface area contributed by atoms with E-state index in [1.807, 2.05) is 19.1 Å². The molecule has 0 unspecified atom stereocenters. The first-order chi connectivity index (χ1) is 7.09. The summed E-state index contributed by atoms with van der Waals surface area (Å²) in [6, 6.07) is 7.38. The fourth-order valence-electron chi connectivity index (χ4n) is 1.47. The normalized spacial score (nSPS) is 10.5. The summed E-state index contributed by atoms with van der Waals surface area (Å²) in [4.78, 5) is 14.0. The molecule has 4 nitrogen and oxygen atoms in total. The van der Waals surface area contributed by atoms with Crippen molar-refractivity contribution in [3.63, 3.8) is 0 Å². The number of H-pyrrole nitrogens is 1. The largest absolute Gasteiger partial charge is 0.493 e. The molecule has 0 fully saturated rings. The Kier molecular flexibility index (Phi) is 2.11. The van der Waals surface area contributed by atoms with Gasteiger partial charge in [-0.05, 0) is 26.0 Å². The maximum absolute atomic E-state index is 11.5. The summed E-state index contributed by atoms with van der Waals surface area (Å²) in [5, 5.41) is 9.67. The van der Waals surface area contributed by atoms with Gasteiger partial charge in [0.15, 0.2) is 0 Å². The zero-order valence-corrected chi connectivity index (χ0v) is 8.61. The van der Waals surface area contributed by atoms with E-state index in [0.717, 1.165) is 5.56 Å². The van der Waals surface area contributed by atoms with Crippen LogP contribution in [0.3, 0.4) is 0 Å². The third-order valence-electron chi connectivity index (χ3n) is 2.34. The predicted molar refractivity (Wildman–Crippen MR) is 57.5 cm³/mol. The molecule has 0 aliphatic heterocycles. The van der Waals surface area contributed by atoms with Gasteiger partial charge in [0.1, 0.15) is 0 Å². The second-order valence-electron chi connectivity index (χ2n) is 3.55. The minimum Gasteiger partial charge on any atom is -0.493 e. The van der Waals surface area contributed by atoms with Gasteiger partial charge >= 0.3 is 5.69 Å². The van der Waals surface area contributed by atoms with E-state index in [4.69, 9.17) is 0 Å². The van der Waals surface area contributed by atoms with Gasteiger partial charge in [-0.3, -0.25) is 0 Å². The fraction of sp³-hybridized carbons (Fsp3) is 0.182. The summed E-state index contributed by atoms with van der Waals surface area (Å²) in [5.74, 6) is -0.0381. The summed E-state index contributed by atoms with van der Waals surface area (Å²) in [7, 11) is 0. The Morgan fingerprint density at radius 3 is 2.27 bits per heavy atom. The number of imidazole rings is 1. The molecule has 1 heterocycles. The van der Waals surface area contributed by atoms with Gasteiger partial charge in [0, 0.05) is 0 Å². The standard InChI is InChI=1S/C11H12N2O2/c1-7-3-5-9(6-4-7)13-10(14)8(2)12-11(13)15/h3-6,14H,1-2H3,(H,12,15). The maximum atomic E-state index is 11.5. The Bertz CT molecular complexity index is 535. The summed E-state index contributed by atoms with van der Waals surface area (Å²) in [6.07, 6.45) is 0. The van der Waals surface area contributed by atoms with Crippen LogP contribution >= 0.6 is 0 Å². The van der Waals surface area contributed by atoms with Gasteiger partial charge < -0.3 is 10.1 Å². The monoisotopic (exact) mass is 204 g/mol. The molecule has 0 aliphatic carbocycles. The summed E-state index contributed by atoms with van der Waals surface area (Å²) < 4.78 is 1.24. The van der Waals surface area contributed by atoms with Crippen molar-refractivity contribution in [2.75, 3.05) is 0 Å². The second kappa shape index (κ2) is 3.31. The second-order valence-corrected chi connectivity index (χ2v) is 3.55. The number of aryl methyl sites for hydroxylation is 2. The van der Waals surface area contributed by atoms with Crippen LogP contribution in [0.5, 0.6) is 5.88 Å². The Labute approximate surface area is 86.8 Å². The highest BCUT2D eigenvalue weighted by molar-refractivity contribution is 5.38. The lowest BCUT2D eigenvalue weighted by Crippen LogP contribution is -2.14.